The zero-order chi connectivity index (χ0) is 14.8. The molecule has 1 aromatic carbocycles. The first-order valence-electron chi connectivity index (χ1n) is 7.28. The Kier molecular flexibility index (Phi) is 3.73. The second kappa shape index (κ2) is 5.68. The van der Waals surface area contributed by atoms with Crippen molar-refractivity contribution in [2.75, 3.05) is 6.54 Å². The summed E-state index contributed by atoms with van der Waals surface area (Å²) >= 11 is 0. The molecule has 21 heavy (non-hydrogen) atoms. The van der Waals surface area contributed by atoms with Gasteiger partial charge in [-0.1, -0.05) is 19.1 Å². The molecule has 0 bridgehead atoms. The monoisotopic (exact) mass is 287 g/mol. The number of hydrogen-bond acceptors (Lipinski definition) is 2. The summed E-state index contributed by atoms with van der Waals surface area (Å²) in [5.74, 6) is -0.101. The Morgan fingerprint density at radius 1 is 1.33 bits per heavy atom. The molecule has 1 aliphatic heterocycles. The zero-order valence-corrected chi connectivity index (χ0v) is 12.1. The van der Waals surface area contributed by atoms with Crippen LogP contribution in [-0.2, 0) is 17.9 Å². The summed E-state index contributed by atoms with van der Waals surface area (Å²) in [6.45, 7) is 4.02. The van der Waals surface area contributed by atoms with Crippen LogP contribution in [0.15, 0.2) is 30.3 Å². The average molecular weight is 287 g/mol. The number of nitrogens with zero attached hydrogens (tertiary/aromatic N) is 3. The van der Waals surface area contributed by atoms with Crippen molar-refractivity contribution >= 4 is 5.91 Å². The van der Waals surface area contributed by atoms with Crippen molar-refractivity contribution in [1.29, 1.82) is 0 Å². The largest absolute Gasteiger partial charge is 0.337 e. The lowest BCUT2D eigenvalue weighted by atomic mass is 10.1. The third-order valence-electron chi connectivity index (χ3n) is 3.79. The number of amides is 1. The van der Waals surface area contributed by atoms with Gasteiger partial charge in [0.25, 0.3) is 0 Å². The Bertz CT molecular complexity index is 665. The molecule has 110 valence electrons. The minimum absolute atomic E-state index is 0.164. The fraction of sp³-hybridized carbons (Fsp3) is 0.375. The predicted molar refractivity (Wildman–Crippen MR) is 77.9 cm³/mol. The smallest absolute Gasteiger partial charge is 0.222 e. The number of carbonyl (C=O) groups is 1. The lowest BCUT2D eigenvalue weighted by Gasteiger charge is -2.18. The highest BCUT2D eigenvalue weighted by Crippen LogP contribution is 2.22. The van der Waals surface area contributed by atoms with Crippen LogP contribution >= 0.6 is 0 Å². The molecule has 0 saturated heterocycles. The first-order valence-corrected chi connectivity index (χ1v) is 7.28. The molecule has 0 spiro atoms. The molecule has 2 heterocycles. The first kappa shape index (κ1) is 13.8. The summed E-state index contributed by atoms with van der Waals surface area (Å²) in [4.78, 5) is 13.8. The Labute approximate surface area is 123 Å². The molecule has 0 atom stereocenters. The molecular weight excluding hydrogens is 269 g/mol. The highest BCUT2D eigenvalue weighted by Gasteiger charge is 2.19. The van der Waals surface area contributed by atoms with Gasteiger partial charge in [-0.2, -0.15) is 5.10 Å². The van der Waals surface area contributed by atoms with Crippen LogP contribution in [0.25, 0.3) is 11.3 Å². The molecule has 1 amide bonds. The van der Waals surface area contributed by atoms with Crippen molar-refractivity contribution in [2.24, 2.45) is 0 Å². The molecule has 0 N–H and O–H groups in total. The van der Waals surface area contributed by atoms with E-state index in [0.717, 1.165) is 36.5 Å². The van der Waals surface area contributed by atoms with Gasteiger partial charge in [-0.25, -0.2) is 4.39 Å². The molecule has 1 aliphatic rings. The number of carbonyl (C=O) groups excluding carboxylic acids is 1. The third-order valence-corrected chi connectivity index (χ3v) is 3.79. The molecule has 0 unspecified atom stereocenters. The van der Waals surface area contributed by atoms with Gasteiger partial charge in [0.1, 0.15) is 5.82 Å². The van der Waals surface area contributed by atoms with Gasteiger partial charge in [0, 0.05) is 25.1 Å². The van der Waals surface area contributed by atoms with Crippen molar-refractivity contribution in [3.63, 3.8) is 0 Å². The minimum atomic E-state index is -0.265. The third kappa shape index (κ3) is 2.82. The van der Waals surface area contributed by atoms with Crippen molar-refractivity contribution in [3.05, 3.63) is 41.8 Å². The van der Waals surface area contributed by atoms with Crippen LogP contribution in [0, 0.1) is 5.82 Å². The lowest BCUT2D eigenvalue weighted by molar-refractivity contribution is -0.131. The molecular formula is C16H18FN3O. The summed E-state index contributed by atoms with van der Waals surface area (Å²) in [6.07, 6.45) is 1.41. The van der Waals surface area contributed by atoms with Crippen molar-refractivity contribution in [1.82, 2.24) is 14.7 Å². The van der Waals surface area contributed by atoms with Crippen LogP contribution in [0.3, 0.4) is 0 Å². The SMILES string of the molecule is CCC(=O)N1CCCn2nc(-c3cccc(F)c3)cc2C1. The van der Waals surface area contributed by atoms with Gasteiger partial charge in [-0.3, -0.25) is 9.48 Å². The quantitative estimate of drug-likeness (QED) is 0.852. The van der Waals surface area contributed by atoms with Gasteiger partial charge >= 0.3 is 0 Å². The van der Waals surface area contributed by atoms with Gasteiger partial charge in [-0.05, 0) is 24.6 Å². The highest BCUT2D eigenvalue weighted by molar-refractivity contribution is 5.75. The maximum absolute atomic E-state index is 13.3. The molecule has 1 aromatic heterocycles. The van der Waals surface area contributed by atoms with Gasteiger partial charge in [0.15, 0.2) is 0 Å². The van der Waals surface area contributed by atoms with E-state index in [1.165, 1.54) is 12.1 Å². The van der Waals surface area contributed by atoms with E-state index < -0.39 is 0 Å². The average Bonchev–Trinajstić information content (AvgIpc) is 2.78. The van der Waals surface area contributed by atoms with E-state index in [1.807, 2.05) is 28.6 Å². The molecule has 0 aliphatic carbocycles. The van der Waals surface area contributed by atoms with Crippen molar-refractivity contribution < 1.29 is 9.18 Å². The molecule has 4 nitrogen and oxygen atoms in total. The summed E-state index contributed by atoms with van der Waals surface area (Å²) in [7, 11) is 0. The van der Waals surface area contributed by atoms with Gasteiger partial charge in [0.2, 0.25) is 5.91 Å². The fourth-order valence-electron chi connectivity index (χ4n) is 2.69. The summed E-state index contributed by atoms with van der Waals surface area (Å²) in [5, 5.41) is 4.55. The number of benzene rings is 1. The van der Waals surface area contributed by atoms with Crippen LogP contribution in [-0.4, -0.2) is 27.1 Å². The van der Waals surface area contributed by atoms with E-state index in [9.17, 15) is 9.18 Å². The van der Waals surface area contributed by atoms with Gasteiger partial charge in [0.05, 0.1) is 17.9 Å². The number of aryl methyl sites for hydroxylation is 1. The number of halogens is 1. The molecule has 0 fully saturated rings. The summed E-state index contributed by atoms with van der Waals surface area (Å²) < 4.78 is 15.3. The molecule has 2 aromatic rings. The van der Waals surface area contributed by atoms with Crippen LogP contribution in [0.4, 0.5) is 4.39 Å². The predicted octanol–water partition coefficient (Wildman–Crippen LogP) is 2.83. The maximum atomic E-state index is 13.3. The number of aromatic nitrogens is 2. The standard InChI is InChI=1S/C16H18FN3O/c1-2-16(21)19-7-4-8-20-14(11-19)10-15(18-20)12-5-3-6-13(17)9-12/h3,5-6,9-10H,2,4,7-8,11H2,1H3. The van der Waals surface area contributed by atoms with Crippen LogP contribution in [0.1, 0.15) is 25.5 Å². The Balaban J connectivity index is 1.91. The summed E-state index contributed by atoms with van der Waals surface area (Å²) in [5.41, 5.74) is 2.54. The van der Waals surface area contributed by atoms with Gasteiger partial charge < -0.3 is 4.90 Å². The van der Waals surface area contributed by atoms with Gasteiger partial charge in [-0.15, -0.1) is 0 Å². The first-order chi connectivity index (χ1) is 10.2. The number of hydrogen-bond donors (Lipinski definition) is 0. The highest BCUT2D eigenvalue weighted by atomic mass is 19.1. The Morgan fingerprint density at radius 3 is 2.95 bits per heavy atom. The fourth-order valence-corrected chi connectivity index (χ4v) is 2.69. The number of fused-ring (bicyclic) bond motifs is 1. The van der Waals surface area contributed by atoms with E-state index in [4.69, 9.17) is 0 Å². The van der Waals surface area contributed by atoms with E-state index in [2.05, 4.69) is 5.10 Å². The van der Waals surface area contributed by atoms with Crippen LogP contribution < -0.4 is 0 Å². The van der Waals surface area contributed by atoms with E-state index >= 15 is 0 Å². The molecule has 5 heteroatoms. The molecule has 0 radical (unpaired) electrons. The van der Waals surface area contributed by atoms with Crippen molar-refractivity contribution in [3.8, 4) is 11.3 Å². The Morgan fingerprint density at radius 2 is 2.19 bits per heavy atom. The van der Waals surface area contributed by atoms with E-state index in [1.54, 1.807) is 6.07 Å². The van der Waals surface area contributed by atoms with E-state index in [0.29, 0.717) is 13.0 Å². The van der Waals surface area contributed by atoms with Crippen molar-refractivity contribution in [2.45, 2.75) is 32.9 Å². The Hall–Kier alpha value is -2.17. The second-order valence-electron chi connectivity index (χ2n) is 5.28. The molecule has 0 saturated carbocycles. The normalized spacial score (nSPS) is 14.7. The molecule has 3 rings (SSSR count). The second-order valence-corrected chi connectivity index (χ2v) is 5.28. The van der Waals surface area contributed by atoms with Crippen LogP contribution in [0.2, 0.25) is 0 Å². The summed E-state index contributed by atoms with van der Waals surface area (Å²) in [6, 6.07) is 8.39. The van der Waals surface area contributed by atoms with Crippen LogP contribution in [0.5, 0.6) is 0 Å². The van der Waals surface area contributed by atoms with E-state index in [-0.39, 0.29) is 11.7 Å². The minimum Gasteiger partial charge on any atom is -0.337 e. The topological polar surface area (TPSA) is 38.1 Å². The lowest BCUT2D eigenvalue weighted by Crippen LogP contribution is -2.29. The zero-order valence-electron chi connectivity index (χ0n) is 12.1. The number of rotatable bonds is 2. The maximum Gasteiger partial charge on any atom is 0.222 e.